The molecule has 2 rings (SSSR count). The molecule has 0 saturated heterocycles. The summed E-state index contributed by atoms with van der Waals surface area (Å²) in [7, 11) is 0. The lowest BCUT2D eigenvalue weighted by atomic mass is 10.0. The molecule has 2 N–H and O–H groups in total. The van der Waals surface area contributed by atoms with Crippen molar-refractivity contribution in [1.82, 2.24) is 10.6 Å². The van der Waals surface area contributed by atoms with Crippen molar-refractivity contribution in [2.24, 2.45) is 0 Å². The van der Waals surface area contributed by atoms with Gasteiger partial charge in [0.1, 0.15) is 0 Å². The van der Waals surface area contributed by atoms with Crippen molar-refractivity contribution in [3.63, 3.8) is 0 Å². The van der Waals surface area contributed by atoms with Gasteiger partial charge >= 0.3 is 0 Å². The molecule has 0 aromatic heterocycles. The molecule has 24 heavy (non-hydrogen) atoms. The molecule has 0 radical (unpaired) electrons. The number of hydrogen-bond donors (Lipinski definition) is 2. The van der Waals surface area contributed by atoms with E-state index in [1.54, 1.807) is 0 Å². The van der Waals surface area contributed by atoms with Gasteiger partial charge in [0.15, 0.2) is 0 Å². The third-order valence-corrected chi connectivity index (χ3v) is 3.92. The van der Waals surface area contributed by atoms with Gasteiger partial charge in [-0.2, -0.15) is 0 Å². The van der Waals surface area contributed by atoms with Crippen LogP contribution in [0.4, 0.5) is 0 Å². The molecule has 126 valence electrons. The second-order valence-electron chi connectivity index (χ2n) is 6.07. The Kier molecular flexibility index (Phi) is 6.13. The molecular formula is C20H24N2O2. The van der Waals surface area contributed by atoms with Gasteiger partial charge in [0.05, 0.1) is 18.5 Å². The van der Waals surface area contributed by atoms with E-state index in [1.807, 2.05) is 68.4 Å². The molecule has 0 aliphatic heterocycles. The number of carbonyl (C=O) groups is 2. The van der Waals surface area contributed by atoms with Gasteiger partial charge in [0.2, 0.25) is 11.8 Å². The molecule has 4 nitrogen and oxygen atoms in total. The molecule has 0 bridgehead atoms. The second kappa shape index (κ2) is 8.29. The Bertz CT molecular complexity index is 681. The van der Waals surface area contributed by atoms with E-state index in [1.165, 1.54) is 12.5 Å². The van der Waals surface area contributed by atoms with Crippen LogP contribution in [0, 0.1) is 6.92 Å². The van der Waals surface area contributed by atoms with E-state index >= 15 is 0 Å². The normalized spacial score (nSPS) is 13.0. The van der Waals surface area contributed by atoms with Crippen LogP contribution < -0.4 is 10.6 Å². The monoisotopic (exact) mass is 324 g/mol. The topological polar surface area (TPSA) is 58.2 Å². The van der Waals surface area contributed by atoms with Crippen LogP contribution >= 0.6 is 0 Å². The maximum atomic E-state index is 12.4. The summed E-state index contributed by atoms with van der Waals surface area (Å²) in [6.07, 6.45) is 0.208. The summed E-state index contributed by atoms with van der Waals surface area (Å²) >= 11 is 0. The minimum atomic E-state index is -0.325. The summed E-state index contributed by atoms with van der Waals surface area (Å²) in [5, 5.41) is 5.85. The van der Waals surface area contributed by atoms with E-state index in [0.29, 0.717) is 0 Å². The highest BCUT2D eigenvalue weighted by atomic mass is 16.2. The van der Waals surface area contributed by atoms with E-state index in [9.17, 15) is 9.59 Å². The molecule has 2 aromatic rings. The highest BCUT2D eigenvalue weighted by Crippen LogP contribution is 2.18. The standard InChI is InChI=1S/C20H24N2O2/c1-14-9-11-17(12-10-14)15(2)21-20(24)13-19(22-16(3)23)18-7-5-4-6-8-18/h4-12,15,19H,13H2,1-3H3,(H,21,24)(H,22,23). The zero-order chi connectivity index (χ0) is 17.5. The van der Waals surface area contributed by atoms with Crippen LogP contribution in [0.15, 0.2) is 54.6 Å². The van der Waals surface area contributed by atoms with E-state index in [2.05, 4.69) is 10.6 Å². The van der Waals surface area contributed by atoms with Gasteiger partial charge in [-0.1, -0.05) is 60.2 Å². The van der Waals surface area contributed by atoms with Crippen molar-refractivity contribution in [2.75, 3.05) is 0 Å². The molecular weight excluding hydrogens is 300 g/mol. The molecule has 2 atom stereocenters. The summed E-state index contributed by atoms with van der Waals surface area (Å²) in [5.74, 6) is -0.242. The minimum absolute atomic E-state index is 0.0770. The number of rotatable bonds is 6. The lowest BCUT2D eigenvalue weighted by Crippen LogP contribution is -2.33. The molecule has 0 heterocycles. The second-order valence-corrected chi connectivity index (χ2v) is 6.07. The van der Waals surface area contributed by atoms with Crippen LogP contribution in [0.25, 0.3) is 0 Å². The fourth-order valence-electron chi connectivity index (χ4n) is 2.61. The summed E-state index contributed by atoms with van der Waals surface area (Å²) in [5.41, 5.74) is 3.17. The van der Waals surface area contributed by atoms with E-state index in [-0.39, 0.29) is 30.3 Å². The SMILES string of the molecule is CC(=O)NC(CC(=O)NC(C)c1ccc(C)cc1)c1ccccc1. The highest BCUT2D eigenvalue weighted by Gasteiger charge is 2.18. The average molecular weight is 324 g/mol. The minimum Gasteiger partial charge on any atom is -0.350 e. The summed E-state index contributed by atoms with van der Waals surface area (Å²) < 4.78 is 0. The Labute approximate surface area is 143 Å². The van der Waals surface area contributed by atoms with Crippen LogP contribution in [-0.4, -0.2) is 11.8 Å². The fraction of sp³-hybridized carbons (Fsp3) is 0.300. The van der Waals surface area contributed by atoms with Crippen LogP contribution in [0.1, 0.15) is 49.0 Å². The highest BCUT2D eigenvalue weighted by molar-refractivity contribution is 5.79. The van der Waals surface area contributed by atoms with Crippen molar-refractivity contribution in [3.8, 4) is 0 Å². The summed E-state index contributed by atoms with van der Waals surface area (Å²) in [6, 6.07) is 17.2. The Morgan fingerprint density at radius 2 is 1.54 bits per heavy atom. The van der Waals surface area contributed by atoms with Crippen molar-refractivity contribution >= 4 is 11.8 Å². The van der Waals surface area contributed by atoms with Gasteiger partial charge in [-0.3, -0.25) is 9.59 Å². The van der Waals surface area contributed by atoms with Crippen LogP contribution in [0.5, 0.6) is 0 Å². The Balaban J connectivity index is 2.02. The number of carbonyl (C=O) groups excluding carboxylic acids is 2. The average Bonchev–Trinajstić information content (AvgIpc) is 2.55. The molecule has 0 saturated carbocycles. The maximum absolute atomic E-state index is 12.4. The van der Waals surface area contributed by atoms with Crippen LogP contribution in [-0.2, 0) is 9.59 Å². The molecule has 0 aliphatic rings. The Morgan fingerprint density at radius 3 is 2.12 bits per heavy atom. The third kappa shape index (κ3) is 5.23. The number of nitrogens with one attached hydrogen (secondary N) is 2. The molecule has 2 amide bonds. The predicted octanol–water partition coefficient (Wildman–Crippen LogP) is 3.44. The fourth-order valence-corrected chi connectivity index (χ4v) is 2.61. The lowest BCUT2D eigenvalue weighted by molar-refractivity contribution is -0.123. The van der Waals surface area contributed by atoms with Crippen molar-refractivity contribution in [1.29, 1.82) is 0 Å². The Hall–Kier alpha value is -2.62. The zero-order valence-electron chi connectivity index (χ0n) is 14.4. The van der Waals surface area contributed by atoms with Crippen LogP contribution in [0.3, 0.4) is 0 Å². The number of aryl methyl sites for hydroxylation is 1. The predicted molar refractivity (Wildman–Crippen MR) is 95.4 cm³/mol. The number of amides is 2. The maximum Gasteiger partial charge on any atom is 0.222 e. The molecule has 4 heteroatoms. The van der Waals surface area contributed by atoms with Crippen molar-refractivity contribution in [3.05, 3.63) is 71.3 Å². The van der Waals surface area contributed by atoms with Gasteiger partial charge in [-0.05, 0) is 25.0 Å². The summed E-state index contributed by atoms with van der Waals surface area (Å²) in [4.78, 5) is 23.8. The van der Waals surface area contributed by atoms with Crippen molar-refractivity contribution in [2.45, 2.75) is 39.3 Å². The van der Waals surface area contributed by atoms with Crippen molar-refractivity contribution < 1.29 is 9.59 Å². The molecule has 2 unspecified atom stereocenters. The number of hydrogen-bond acceptors (Lipinski definition) is 2. The lowest BCUT2D eigenvalue weighted by Gasteiger charge is -2.20. The van der Waals surface area contributed by atoms with E-state index in [4.69, 9.17) is 0 Å². The smallest absolute Gasteiger partial charge is 0.222 e. The molecule has 0 aliphatic carbocycles. The molecule has 0 spiro atoms. The first kappa shape index (κ1) is 17.7. The van der Waals surface area contributed by atoms with Gasteiger partial charge in [0, 0.05) is 6.92 Å². The largest absolute Gasteiger partial charge is 0.350 e. The van der Waals surface area contributed by atoms with E-state index < -0.39 is 0 Å². The molecule has 2 aromatic carbocycles. The van der Waals surface area contributed by atoms with Gasteiger partial charge in [0.25, 0.3) is 0 Å². The Morgan fingerprint density at radius 1 is 0.917 bits per heavy atom. The number of benzene rings is 2. The van der Waals surface area contributed by atoms with Gasteiger partial charge in [-0.25, -0.2) is 0 Å². The molecule has 0 fully saturated rings. The van der Waals surface area contributed by atoms with Crippen LogP contribution in [0.2, 0.25) is 0 Å². The first-order valence-electron chi connectivity index (χ1n) is 8.13. The first-order chi connectivity index (χ1) is 11.5. The first-order valence-corrected chi connectivity index (χ1v) is 8.13. The van der Waals surface area contributed by atoms with Gasteiger partial charge < -0.3 is 10.6 Å². The van der Waals surface area contributed by atoms with Gasteiger partial charge in [-0.15, -0.1) is 0 Å². The van der Waals surface area contributed by atoms with E-state index in [0.717, 1.165) is 11.1 Å². The third-order valence-electron chi connectivity index (χ3n) is 3.92. The summed E-state index contributed by atoms with van der Waals surface area (Å²) in [6.45, 7) is 5.45. The zero-order valence-corrected chi connectivity index (χ0v) is 14.4. The quantitative estimate of drug-likeness (QED) is 0.855.